The van der Waals surface area contributed by atoms with E-state index in [-0.39, 0.29) is 23.3 Å². The van der Waals surface area contributed by atoms with E-state index in [1.807, 2.05) is 26.8 Å². The maximum atomic E-state index is 12.4. The Hall–Kier alpha value is -2.30. The first-order chi connectivity index (χ1) is 13.3. The van der Waals surface area contributed by atoms with E-state index in [1.54, 1.807) is 5.48 Å². The van der Waals surface area contributed by atoms with Gasteiger partial charge in [-0.3, -0.25) is 0 Å². The summed E-state index contributed by atoms with van der Waals surface area (Å²) < 4.78 is 11.5. The number of carbonyl (C=O) groups excluding carboxylic acids is 1. The molecule has 148 valence electrons. The Labute approximate surface area is 163 Å². The molecule has 0 unspecified atom stereocenters. The lowest BCUT2D eigenvalue weighted by atomic mass is 9.58. The van der Waals surface area contributed by atoms with Gasteiger partial charge in [0.1, 0.15) is 5.82 Å². The van der Waals surface area contributed by atoms with Gasteiger partial charge in [0.2, 0.25) is 11.6 Å². The number of ether oxygens (including phenoxy) is 1. The van der Waals surface area contributed by atoms with Crippen molar-refractivity contribution in [1.82, 2.24) is 15.4 Å². The summed E-state index contributed by atoms with van der Waals surface area (Å²) in [6, 6.07) is 0. The minimum atomic E-state index is -0.416. The average Bonchev–Trinajstić information content (AvgIpc) is 2.68. The number of hydrogen-bond acceptors (Lipinski definition) is 6. The van der Waals surface area contributed by atoms with Crippen molar-refractivity contribution < 1.29 is 16.1 Å². The van der Waals surface area contributed by atoms with E-state index in [0.29, 0.717) is 18.3 Å². The predicted molar refractivity (Wildman–Crippen MR) is 104 cm³/mol. The van der Waals surface area contributed by atoms with Crippen LogP contribution in [0, 0.1) is 25.3 Å². The number of aromatic nitrogens is 2. The van der Waals surface area contributed by atoms with Crippen LogP contribution in [0.4, 0.5) is 0 Å². The van der Waals surface area contributed by atoms with Crippen LogP contribution in [0.3, 0.4) is 0 Å². The van der Waals surface area contributed by atoms with Crippen LogP contribution in [0.15, 0.2) is 11.8 Å². The van der Waals surface area contributed by atoms with E-state index in [9.17, 15) is 4.79 Å². The molecule has 7 heteroatoms. The number of rotatable bonds is 2. The lowest BCUT2D eigenvalue weighted by molar-refractivity contribution is -0.121. The van der Waals surface area contributed by atoms with Gasteiger partial charge in [-0.05, 0) is 32.6 Å². The quantitative estimate of drug-likeness (QED) is 0.608. The van der Waals surface area contributed by atoms with Gasteiger partial charge in [0.05, 0.1) is 18.9 Å². The van der Waals surface area contributed by atoms with Gasteiger partial charge in [0, 0.05) is 25.3 Å². The Morgan fingerprint density at radius 1 is 1.56 bits per heavy atom. The van der Waals surface area contributed by atoms with Crippen molar-refractivity contribution in [2.24, 2.45) is 11.8 Å². The summed E-state index contributed by atoms with van der Waals surface area (Å²) >= 11 is 0. The highest BCUT2D eigenvalue weighted by Gasteiger charge is 2.49. The zero-order valence-corrected chi connectivity index (χ0v) is 17.0. The topological polar surface area (TPSA) is 88.7 Å². The molecule has 0 saturated carbocycles. The minimum absolute atomic E-state index is 0.0401. The number of hydroxylamine groups is 1. The van der Waals surface area contributed by atoms with E-state index in [0.717, 1.165) is 24.1 Å². The fourth-order valence-electron chi connectivity index (χ4n) is 4.08. The number of aryl methyl sites for hydroxylation is 1. The standard InChI is InChI=1S/C18H21N3O2.CH5NO.CH4/c1-6-23-17-12-7-8-13-10(2)15(22)14(19-5)9-18(13,4)16(12)20-11(3)21-17;1-2-3;/h9-10,13H,6-8H2,1-4H3;2-3H,1H3;1H4/t10-,13-,18-;;/m0../s1/i;;1T. The van der Waals surface area contributed by atoms with Crippen LogP contribution in [0.25, 0.3) is 4.85 Å². The second-order valence-corrected chi connectivity index (χ2v) is 6.78. The third-order valence-corrected chi connectivity index (χ3v) is 5.17. The number of allylic oxidation sites excluding steroid dienone is 2. The molecule has 1 heterocycles. The van der Waals surface area contributed by atoms with Crippen molar-refractivity contribution in [3.63, 3.8) is 0 Å². The summed E-state index contributed by atoms with van der Waals surface area (Å²) in [6.07, 6.45) is 3.52. The maximum absolute atomic E-state index is 12.4. The van der Waals surface area contributed by atoms with Crippen LogP contribution >= 0.6 is 0 Å². The molecule has 0 radical (unpaired) electrons. The van der Waals surface area contributed by atoms with Crippen molar-refractivity contribution >= 4 is 5.78 Å². The van der Waals surface area contributed by atoms with E-state index in [1.165, 1.54) is 14.5 Å². The van der Waals surface area contributed by atoms with Crippen LogP contribution in [0.1, 0.15) is 53.0 Å². The van der Waals surface area contributed by atoms with Gasteiger partial charge in [0.25, 0.3) is 0 Å². The summed E-state index contributed by atoms with van der Waals surface area (Å²) in [7, 11) is 2.68. The molecule has 3 rings (SSSR count). The van der Waals surface area contributed by atoms with Gasteiger partial charge in [-0.1, -0.05) is 27.3 Å². The van der Waals surface area contributed by atoms with Gasteiger partial charge < -0.3 is 14.7 Å². The van der Waals surface area contributed by atoms with Gasteiger partial charge in [-0.25, -0.2) is 15.3 Å². The highest BCUT2D eigenvalue weighted by atomic mass is 16.5. The van der Waals surface area contributed by atoms with Crippen LogP contribution in [0.2, 0.25) is 0 Å². The maximum Gasteiger partial charge on any atom is 0.226 e. The van der Waals surface area contributed by atoms with Crippen LogP contribution in [-0.4, -0.2) is 34.6 Å². The normalized spacial score (nSPS) is 25.8. The molecular weight excluding hydrogens is 344 g/mol. The Morgan fingerprint density at radius 3 is 2.74 bits per heavy atom. The first-order valence-corrected chi connectivity index (χ1v) is 8.80. The average molecular weight is 376 g/mol. The van der Waals surface area contributed by atoms with Gasteiger partial charge in [-0.15, -0.1) is 0 Å². The van der Waals surface area contributed by atoms with Crippen molar-refractivity contribution in [3.8, 4) is 5.88 Å². The summed E-state index contributed by atoms with van der Waals surface area (Å²) in [4.78, 5) is 24.9. The predicted octanol–water partition coefficient (Wildman–Crippen LogP) is 3.26. The van der Waals surface area contributed by atoms with E-state index in [4.69, 9.17) is 22.9 Å². The lowest BCUT2D eigenvalue weighted by Crippen LogP contribution is -2.46. The number of Topliss-reactive ketones (excluding diaryl/α,β-unsaturated/α-hetero) is 1. The Bertz CT molecular complexity index is 775. The fraction of sp³-hybridized carbons (Fsp3) is 0.600. The van der Waals surface area contributed by atoms with Crippen LogP contribution in [-0.2, 0) is 16.6 Å². The monoisotopic (exact) mass is 376 g/mol. The molecule has 1 aromatic heterocycles. The number of fused-ring (bicyclic) bond motifs is 3. The van der Waals surface area contributed by atoms with Gasteiger partial charge in [0.15, 0.2) is 5.78 Å². The molecule has 0 bridgehead atoms. The molecule has 0 aromatic carbocycles. The summed E-state index contributed by atoms with van der Waals surface area (Å²) in [5.41, 5.74) is 3.52. The molecule has 2 aliphatic rings. The van der Waals surface area contributed by atoms with Crippen molar-refractivity contribution in [2.75, 3.05) is 13.7 Å². The van der Waals surface area contributed by atoms with Crippen molar-refractivity contribution in [3.05, 3.63) is 40.3 Å². The van der Waals surface area contributed by atoms with Gasteiger partial charge >= 0.3 is 0 Å². The number of hydrogen-bond donors (Lipinski definition) is 2. The molecule has 0 aliphatic heterocycles. The molecular formula is C20H30N4O3. The molecule has 0 saturated heterocycles. The Morgan fingerprint density at radius 2 is 2.19 bits per heavy atom. The highest BCUT2D eigenvalue weighted by Crippen LogP contribution is 2.50. The van der Waals surface area contributed by atoms with E-state index < -0.39 is 5.41 Å². The Kier molecular flexibility index (Phi) is 7.05. The molecule has 2 N–H and O–H groups in total. The van der Waals surface area contributed by atoms with E-state index in [2.05, 4.69) is 16.8 Å². The van der Waals surface area contributed by atoms with Crippen molar-refractivity contribution in [1.29, 1.82) is 0 Å². The van der Waals surface area contributed by atoms with Gasteiger partial charge in [-0.2, -0.15) is 4.98 Å². The molecule has 0 spiro atoms. The highest BCUT2D eigenvalue weighted by molar-refractivity contribution is 6.00. The fourth-order valence-corrected chi connectivity index (χ4v) is 4.08. The zero-order chi connectivity index (χ0) is 21.5. The lowest BCUT2D eigenvalue weighted by Gasteiger charge is -2.45. The number of nitrogens with zero attached hydrogens (tertiary/aromatic N) is 3. The second-order valence-electron chi connectivity index (χ2n) is 6.78. The smallest absolute Gasteiger partial charge is 0.226 e. The molecule has 7 nitrogen and oxygen atoms in total. The first-order valence-electron chi connectivity index (χ1n) is 9.80. The first kappa shape index (κ1) is 21.0. The SMILES string of the molecule is CNO.[3H]C.[C-]#[N+]C1=C[C@]2(C)c3nc(C)nc(OCC)c3CC[C@H]2[C@H](C)C1=O. The zero-order valence-electron chi connectivity index (χ0n) is 18.0. The molecule has 2 aliphatic carbocycles. The third kappa shape index (κ3) is 4.02. The molecule has 27 heavy (non-hydrogen) atoms. The molecule has 3 atom stereocenters. The summed E-state index contributed by atoms with van der Waals surface area (Å²) in [5, 5.41) is 7.32. The summed E-state index contributed by atoms with van der Waals surface area (Å²) in [6.45, 7) is 15.7. The number of carbonyl (C=O) groups is 1. The minimum Gasteiger partial charge on any atom is -0.478 e. The number of nitrogens with one attached hydrogen (secondary N) is 1. The third-order valence-electron chi connectivity index (χ3n) is 5.17. The Balaban J connectivity index is 0.000000717. The largest absolute Gasteiger partial charge is 0.478 e. The summed E-state index contributed by atoms with van der Waals surface area (Å²) in [5.74, 6) is 1.28. The second kappa shape index (κ2) is 9.07. The molecule has 0 amide bonds. The molecule has 1 aromatic rings. The van der Waals surface area contributed by atoms with Crippen molar-refractivity contribution in [2.45, 2.75) is 53.4 Å². The number of ketones is 1. The van der Waals surface area contributed by atoms with Crippen LogP contribution < -0.4 is 10.2 Å². The van der Waals surface area contributed by atoms with Crippen LogP contribution in [0.5, 0.6) is 5.88 Å². The molecule has 0 fully saturated rings. The van der Waals surface area contributed by atoms with E-state index >= 15 is 0 Å².